The van der Waals surface area contributed by atoms with Crippen LogP contribution >= 0.6 is 11.6 Å². The second-order valence-corrected chi connectivity index (χ2v) is 7.24. The van der Waals surface area contributed by atoms with Crippen LogP contribution in [0.3, 0.4) is 0 Å². The van der Waals surface area contributed by atoms with Gasteiger partial charge in [0.1, 0.15) is 23.0 Å². The Morgan fingerprint density at radius 3 is 2.79 bits per heavy atom. The number of likely N-dealkylation sites (N-methyl/N-ethyl adjacent to an activating group) is 1. The summed E-state index contributed by atoms with van der Waals surface area (Å²) in [4.78, 5) is 11.0. The average molecular weight is 399 g/mol. The lowest BCUT2D eigenvalue weighted by atomic mass is 10.2. The number of nitrogens with one attached hydrogen (secondary N) is 1. The standard InChI is InChI=1S/C20H20ClFN6/c1-27(2)9-8-24-12-6-7-15-16(10-12)28-17(19(23)26-15)11-25-20(28)18-13(21)4-3-5-14(18)22/h3-7,10-11,24H,8-9H2,1-2H3,(H2,23,26). The monoisotopic (exact) mass is 398 g/mol. The first kappa shape index (κ1) is 18.5. The molecule has 4 aromatic rings. The maximum Gasteiger partial charge on any atom is 0.150 e. The van der Waals surface area contributed by atoms with E-state index in [0.29, 0.717) is 22.7 Å². The number of hydrogen-bond acceptors (Lipinski definition) is 5. The Morgan fingerprint density at radius 1 is 1.21 bits per heavy atom. The van der Waals surface area contributed by atoms with Gasteiger partial charge in [0.2, 0.25) is 0 Å². The van der Waals surface area contributed by atoms with Gasteiger partial charge >= 0.3 is 0 Å². The highest BCUT2D eigenvalue weighted by molar-refractivity contribution is 6.33. The molecule has 0 atom stereocenters. The van der Waals surface area contributed by atoms with Gasteiger partial charge in [-0.2, -0.15) is 0 Å². The van der Waals surface area contributed by atoms with Crippen molar-refractivity contribution in [2.45, 2.75) is 0 Å². The number of rotatable bonds is 5. The van der Waals surface area contributed by atoms with Gasteiger partial charge in [0.15, 0.2) is 0 Å². The number of hydrogen-bond donors (Lipinski definition) is 2. The molecular weight excluding hydrogens is 379 g/mol. The number of aromatic nitrogens is 3. The molecule has 0 amide bonds. The summed E-state index contributed by atoms with van der Waals surface area (Å²) < 4.78 is 16.4. The van der Waals surface area contributed by atoms with E-state index >= 15 is 0 Å². The van der Waals surface area contributed by atoms with Crippen LogP contribution in [0.15, 0.2) is 42.6 Å². The molecule has 0 bridgehead atoms. The fraction of sp³-hybridized carbons (Fsp3) is 0.200. The summed E-state index contributed by atoms with van der Waals surface area (Å²) >= 11 is 6.28. The predicted octanol–water partition coefficient (Wildman–Crippen LogP) is 3.90. The summed E-state index contributed by atoms with van der Waals surface area (Å²) in [7, 11) is 4.04. The van der Waals surface area contributed by atoms with Crippen LogP contribution in [0.1, 0.15) is 0 Å². The van der Waals surface area contributed by atoms with E-state index in [2.05, 4.69) is 20.2 Å². The van der Waals surface area contributed by atoms with Crippen LogP contribution in [0, 0.1) is 5.82 Å². The molecule has 0 aliphatic rings. The smallest absolute Gasteiger partial charge is 0.150 e. The quantitative estimate of drug-likeness (QED) is 0.533. The van der Waals surface area contributed by atoms with E-state index in [-0.39, 0.29) is 10.6 Å². The first-order chi connectivity index (χ1) is 13.5. The largest absolute Gasteiger partial charge is 0.384 e. The molecule has 2 aromatic carbocycles. The van der Waals surface area contributed by atoms with Crippen molar-refractivity contribution in [1.29, 1.82) is 0 Å². The van der Waals surface area contributed by atoms with Gasteiger partial charge in [0, 0.05) is 18.8 Å². The molecule has 0 radical (unpaired) electrons. The highest BCUT2D eigenvalue weighted by atomic mass is 35.5. The molecule has 6 nitrogen and oxygen atoms in total. The Bertz CT molecular complexity index is 1150. The lowest BCUT2D eigenvalue weighted by Gasteiger charge is -2.13. The summed E-state index contributed by atoms with van der Waals surface area (Å²) in [5, 5.41) is 3.68. The summed E-state index contributed by atoms with van der Waals surface area (Å²) in [6.07, 6.45) is 1.59. The molecule has 3 N–H and O–H groups in total. The molecule has 0 unspecified atom stereocenters. The van der Waals surface area contributed by atoms with E-state index in [1.165, 1.54) is 6.07 Å². The highest BCUT2D eigenvalue weighted by Gasteiger charge is 2.18. The van der Waals surface area contributed by atoms with Gasteiger partial charge in [0.25, 0.3) is 0 Å². The molecule has 2 heterocycles. The first-order valence-corrected chi connectivity index (χ1v) is 9.23. The van der Waals surface area contributed by atoms with Crippen molar-refractivity contribution in [3.63, 3.8) is 0 Å². The average Bonchev–Trinajstić information content (AvgIpc) is 3.07. The zero-order valence-corrected chi connectivity index (χ0v) is 16.3. The van der Waals surface area contributed by atoms with Crippen LogP contribution < -0.4 is 11.1 Å². The van der Waals surface area contributed by atoms with Gasteiger partial charge in [0.05, 0.1) is 27.8 Å². The molecule has 144 valence electrons. The van der Waals surface area contributed by atoms with E-state index in [0.717, 1.165) is 24.3 Å². The molecule has 2 aromatic heterocycles. The van der Waals surface area contributed by atoms with Crippen LogP contribution in [-0.4, -0.2) is 46.5 Å². The Morgan fingerprint density at radius 2 is 2.04 bits per heavy atom. The van der Waals surface area contributed by atoms with Gasteiger partial charge in [-0.1, -0.05) is 17.7 Å². The van der Waals surface area contributed by atoms with Crippen molar-refractivity contribution in [3.05, 3.63) is 53.4 Å². The number of halogens is 2. The number of fused-ring (bicyclic) bond motifs is 3. The summed E-state index contributed by atoms with van der Waals surface area (Å²) in [5.41, 5.74) is 9.35. The number of nitrogen functional groups attached to an aromatic ring is 1. The molecule has 4 rings (SSSR count). The molecule has 28 heavy (non-hydrogen) atoms. The maximum absolute atomic E-state index is 14.6. The van der Waals surface area contributed by atoms with Crippen LogP contribution in [0.4, 0.5) is 15.9 Å². The van der Waals surface area contributed by atoms with Crippen LogP contribution in [0.2, 0.25) is 5.02 Å². The summed E-state index contributed by atoms with van der Waals surface area (Å²) in [6, 6.07) is 10.4. The van der Waals surface area contributed by atoms with Gasteiger partial charge in [-0.3, -0.25) is 4.40 Å². The van der Waals surface area contributed by atoms with Crippen molar-refractivity contribution >= 4 is 39.7 Å². The SMILES string of the molecule is CN(C)CCNc1ccc2nc(N)c3cnc(-c4c(F)cccc4Cl)n3c2c1. The molecule has 0 aliphatic carbocycles. The number of nitrogens with two attached hydrogens (primary N) is 1. The minimum absolute atomic E-state index is 0.238. The molecule has 0 fully saturated rings. The number of anilines is 2. The molecule has 0 aliphatic heterocycles. The molecule has 8 heteroatoms. The van der Waals surface area contributed by atoms with E-state index < -0.39 is 5.82 Å². The van der Waals surface area contributed by atoms with Gasteiger partial charge in [-0.05, 0) is 44.4 Å². The van der Waals surface area contributed by atoms with Crippen molar-refractivity contribution < 1.29 is 4.39 Å². The lowest BCUT2D eigenvalue weighted by molar-refractivity contribution is 0.425. The topological polar surface area (TPSA) is 71.5 Å². The number of benzene rings is 2. The predicted molar refractivity (Wildman–Crippen MR) is 112 cm³/mol. The van der Waals surface area contributed by atoms with Crippen molar-refractivity contribution in [3.8, 4) is 11.4 Å². The third-order valence-corrected chi connectivity index (χ3v) is 4.87. The summed E-state index contributed by atoms with van der Waals surface area (Å²) in [6.45, 7) is 1.69. The normalized spacial score (nSPS) is 11.6. The Kier molecular flexibility index (Phi) is 4.78. The van der Waals surface area contributed by atoms with Crippen LogP contribution in [0.5, 0.6) is 0 Å². The highest BCUT2D eigenvalue weighted by Crippen LogP contribution is 2.33. The minimum Gasteiger partial charge on any atom is -0.384 e. The zero-order chi connectivity index (χ0) is 19.8. The Labute approximate surface area is 166 Å². The number of nitrogens with zero attached hydrogens (tertiary/aromatic N) is 4. The molecular formula is C20H20ClFN6. The molecule has 0 spiro atoms. The van der Waals surface area contributed by atoms with Crippen molar-refractivity contribution in [2.75, 3.05) is 38.2 Å². The second-order valence-electron chi connectivity index (χ2n) is 6.83. The number of imidazole rings is 1. The van der Waals surface area contributed by atoms with E-state index in [4.69, 9.17) is 17.3 Å². The summed E-state index contributed by atoms with van der Waals surface area (Å²) in [5.74, 6) is 0.276. The Hall–Kier alpha value is -2.90. The minimum atomic E-state index is -0.441. The van der Waals surface area contributed by atoms with E-state index in [1.54, 1.807) is 22.7 Å². The molecule has 0 saturated carbocycles. The van der Waals surface area contributed by atoms with Crippen molar-refractivity contribution in [2.24, 2.45) is 0 Å². The Balaban J connectivity index is 1.92. The fourth-order valence-electron chi connectivity index (χ4n) is 3.18. The van der Waals surface area contributed by atoms with Gasteiger partial charge in [-0.15, -0.1) is 0 Å². The molecule has 0 saturated heterocycles. The lowest BCUT2D eigenvalue weighted by Crippen LogP contribution is -2.20. The second kappa shape index (κ2) is 7.26. The third kappa shape index (κ3) is 3.23. The third-order valence-electron chi connectivity index (χ3n) is 4.56. The zero-order valence-electron chi connectivity index (χ0n) is 15.6. The first-order valence-electron chi connectivity index (χ1n) is 8.85. The van der Waals surface area contributed by atoms with Crippen LogP contribution in [0.25, 0.3) is 27.9 Å². The van der Waals surface area contributed by atoms with Gasteiger partial charge < -0.3 is 16.0 Å². The van der Waals surface area contributed by atoms with Crippen molar-refractivity contribution in [1.82, 2.24) is 19.3 Å². The van der Waals surface area contributed by atoms with E-state index in [9.17, 15) is 4.39 Å². The van der Waals surface area contributed by atoms with E-state index in [1.807, 2.05) is 32.3 Å². The van der Waals surface area contributed by atoms with Gasteiger partial charge in [-0.25, -0.2) is 14.4 Å². The maximum atomic E-state index is 14.6. The van der Waals surface area contributed by atoms with Crippen LogP contribution in [-0.2, 0) is 0 Å². The fourth-order valence-corrected chi connectivity index (χ4v) is 3.43.